The van der Waals surface area contributed by atoms with E-state index < -0.39 is 22.8 Å². The summed E-state index contributed by atoms with van der Waals surface area (Å²) >= 11 is 0. The van der Waals surface area contributed by atoms with Crippen LogP contribution in [-0.4, -0.2) is 65.8 Å². The van der Waals surface area contributed by atoms with E-state index in [2.05, 4.69) is 26.8 Å². The summed E-state index contributed by atoms with van der Waals surface area (Å²) in [7, 11) is -3.23. The summed E-state index contributed by atoms with van der Waals surface area (Å²) in [6.07, 6.45) is 4.81. The number of hydrogen-bond acceptors (Lipinski definition) is 7. The zero-order valence-electron chi connectivity index (χ0n) is 20.1. The van der Waals surface area contributed by atoms with Gasteiger partial charge in [0.15, 0.2) is 6.61 Å². The smallest absolute Gasteiger partial charge is 0.422 e. The number of nitrogens with zero attached hydrogens (tertiary/aromatic N) is 5. The number of sulfonamides is 1. The average molecular weight is 524 g/mol. The molecular weight excluding hydrogens is 495 g/mol. The predicted molar refractivity (Wildman–Crippen MR) is 128 cm³/mol. The summed E-state index contributed by atoms with van der Waals surface area (Å²) in [5, 5.41) is 0. The fourth-order valence-corrected chi connectivity index (χ4v) is 6.20. The Balaban J connectivity index is 1.45. The Bertz CT molecular complexity index is 1290. The van der Waals surface area contributed by atoms with Crippen LogP contribution in [0.2, 0.25) is 0 Å². The fourth-order valence-electron chi connectivity index (χ4n) is 5.33. The third-order valence-corrected chi connectivity index (χ3v) is 8.41. The van der Waals surface area contributed by atoms with E-state index >= 15 is 0 Å². The Labute approximate surface area is 208 Å². The van der Waals surface area contributed by atoms with E-state index in [0.29, 0.717) is 51.0 Å². The van der Waals surface area contributed by atoms with Gasteiger partial charge in [0.2, 0.25) is 15.9 Å². The van der Waals surface area contributed by atoms with Gasteiger partial charge < -0.3 is 9.64 Å². The second-order valence-corrected chi connectivity index (χ2v) is 11.6. The molecule has 2 aromatic heterocycles. The molecule has 2 aliphatic heterocycles. The Hall–Kier alpha value is -2.73. The predicted octanol–water partition coefficient (Wildman–Crippen LogP) is 3.47. The average Bonchev–Trinajstić information content (AvgIpc) is 3.29. The molecule has 0 unspecified atom stereocenters. The number of halogens is 3. The molecule has 2 aromatic rings. The Kier molecular flexibility index (Phi) is 6.44. The molecule has 12 heteroatoms. The molecule has 1 fully saturated rings. The Morgan fingerprint density at radius 3 is 2.61 bits per heavy atom. The van der Waals surface area contributed by atoms with Gasteiger partial charge in [0.05, 0.1) is 29.0 Å². The van der Waals surface area contributed by atoms with Gasteiger partial charge in [-0.25, -0.2) is 27.7 Å². The first kappa shape index (κ1) is 24.9. The molecular formula is C24H28F3N5O3S. The van der Waals surface area contributed by atoms with Crippen LogP contribution in [0.5, 0.6) is 5.88 Å². The third kappa shape index (κ3) is 5.06. The molecule has 0 saturated carbocycles. The number of allylic oxidation sites excluding steroid dienone is 1. The molecule has 194 valence electrons. The lowest BCUT2D eigenvalue weighted by molar-refractivity contribution is -0.154. The normalized spacial score (nSPS) is 20.9. The highest BCUT2D eigenvalue weighted by molar-refractivity contribution is 7.88. The van der Waals surface area contributed by atoms with Gasteiger partial charge in [-0.05, 0) is 19.8 Å². The third-order valence-electron chi connectivity index (χ3n) is 7.11. The number of fused-ring (bicyclic) bond motifs is 2. The second kappa shape index (κ2) is 9.29. The van der Waals surface area contributed by atoms with Crippen molar-refractivity contribution < 1.29 is 26.3 Å². The topological polar surface area (TPSA) is 88.5 Å². The van der Waals surface area contributed by atoms with Crippen molar-refractivity contribution in [3.63, 3.8) is 0 Å². The van der Waals surface area contributed by atoms with Crippen LogP contribution >= 0.6 is 0 Å². The van der Waals surface area contributed by atoms with Crippen LogP contribution in [0.1, 0.15) is 53.9 Å². The van der Waals surface area contributed by atoms with Crippen LogP contribution < -0.4 is 9.64 Å². The fraction of sp³-hybridized carbons (Fsp3) is 0.542. The molecule has 0 aromatic carbocycles. The number of aromatic nitrogens is 3. The lowest BCUT2D eigenvalue weighted by atomic mass is 9.87. The van der Waals surface area contributed by atoms with E-state index in [4.69, 9.17) is 4.74 Å². The first-order valence-corrected chi connectivity index (χ1v) is 13.8. The lowest BCUT2D eigenvalue weighted by Gasteiger charge is -2.39. The van der Waals surface area contributed by atoms with E-state index in [1.165, 1.54) is 10.6 Å². The maximum Gasteiger partial charge on any atom is 0.422 e. The number of pyridine rings is 1. The quantitative estimate of drug-likeness (QED) is 0.593. The van der Waals surface area contributed by atoms with E-state index in [9.17, 15) is 21.6 Å². The molecule has 36 heavy (non-hydrogen) atoms. The highest BCUT2D eigenvalue weighted by Gasteiger charge is 2.34. The van der Waals surface area contributed by atoms with Crippen molar-refractivity contribution >= 4 is 21.8 Å². The molecule has 3 aliphatic rings. The molecule has 4 heterocycles. The van der Waals surface area contributed by atoms with Crippen LogP contribution in [0.3, 0.4) is 0 Å². The van der Waals surface area contributed by atoms with Gasteiger partial charge in [-0.3, -0.25) is 0 Å². The van der Waals surface area contributed by atoms with E-state index in [1.807, 2.05) is 12.2 Å². The molecule has 0 amide bonds. The van der Waals surface area contributed by atoms with E-state index in [1.54, 1.807) is 12.4 Å². The molecule has 0 bridgehead atoms. The molecule has 1 atom stereocenters. The highest BCUT2D eigenvalue weighted by atomic mass is 32.2. The summed E-state index contributed by atoms with van der Waals surface area (Å²) in [5.41, 5.74) is 5.28. The number of hydrogen-bond donors (Lipinski definition) is 0. The number of piperidine rings is 1. The summed E-state index contributed by atoms with van der Waals surface area (Å²) in [6.45, 7) is 2.07. The van der Waals surface area contributed by atoms with Gasteiger partial charge in [-0.1, -0.05) is 12.2 Å². The van der Waals surface area contributed by atoms with Crippen molar-refractivity contribution in [1.29, 1.82) is 0 Å². The van der Waals surface area contributed by atoms with Crippen molar-refractivity contribution in [2.75, 3.05) is 30.9 Å². The highest BCUT2D eigenvalue weighted by Crippen LogP contribution is 2.39. The number of ether oxygens (including phenoxy) is 1. The van der Waals surface area contributed by atoms with Crippen LogP contribution in [0, 0.1) is 0 Å². The minimum Gasteiger partial charge on any atom is -0.468 e. The summed E-state index contributed by atoms with van der Waals surface area (Å²) < 4.78 is 68.7. The second-order valence-electron chi connectivity index (χ2n) is 9.65. The summed E-state index contributed by atoms with van der Waals surface area (Å²) in [5.74, 6) is 0.0733. The van der Waals surface area contributed by atoms with E-state index in [0.717, 1.165) is 28.2 Å². The zero-order valence-corrected chi connectivity index (χ0v) is 20.9. The Morgan fingerprint density at radius 1 is 1.17 bits per heavy atom. The molecule has 8 nitrogen and oxygen atoms in total. The first-order valence-electron chi connectivity index (χ1n) is 11.9. The maximum atomic E-state index is 12.8. The summed E-state index contributed by atoms with van der Waals surface area (Å²) in [4.78, 5) is 15.6. The van der Waals surface area contributed by atoms with Crippen molar-refractivity contribution in [2.45, 2.75) is 57.3 Å². The minimum atomic E-state index is -4.45. The van der Waals surface area contributed by atoms with Gasteiger partial charge in [0.1, 0.15) is 6.33 Å². The lowest BCUT2D eigenvalue weighted by Crippen LogP contribution is -2.41. The standard InChI is InChI=1S/C24H28F3N5O3S/c1-15-10-20-18(23(29-14-28-20)16-6-8-31(9-7-16)36(2,33)34)12-32(15)21-11-22(35-13-24(25,26)27)30-19-5-3-4-17(19)21/h3-4,11,14-16H,5-10,12-13H2,1-2H3/t15-/m1/s1. The molecule has 5 rings (SSSR count). The van der Waals surface area contributed by atoms with E-state index in [-0.39, 0.29) is 17.8 Å². The maximum absolute atomic E-state index is 12.8. The largest absolute Gasteiger partial charge is 0.468 e. The molecule has 0 spiro atoms. The van der Waals surface area contributed by atoms with Crippen molar-refractivity contribution in [2.24, 2.45) is 0 Å². The Morgan fingerprint density at radius 2 is 1.92 bits per heavy atom. The minimum absolute atomic E-state index is 0.0412. The SMILES string of the molecule is C[C@@H]1Cc2ncnc(C3CCN(S(C)(=O)=O)CC3)c2CN1c1cc(OCC(F)(F)F)nc2c1C=CC2. The van der Waals surface area contributed by atoms with Crippen molar-refractivity contribution in [3.05, 3.63) is 46.7 Å². The van der Waals surface area contributed by atoms with Crippen LogP contribution in [-0.2, 0) is 29.4 Å². The van der Waals surface area contributed by atoms with Gasteiger partial charge in [-0.15, -0.1) is 0 Å². The first-order chi connectivity index (χ1) is 17.0. The molecule has 0 radical (unpaired) electrons. The number of rotatable bonds is 5. The number of alkyl halides is 3. The zero-order chi connectivity index (χ0) is 25.7. The van der Waals surface area contributed by atoms with Crippen LogP contribution in [0.15, 0.2) is 18.5 Å². The molecule has 1 aliphatic carbocycles. The van der Waals surface area contributed by atoms with Crippen molar-refractivity contribution in [3.8, 4) is 5.88 Å². The van der Waals surface area contributed by atoms with Gasteiger partial charge in [0, 0.05) is 61.6 Å². The van der Waals surface area contributed by atoms with Crippen LogP contribution in [0.4, 0.5) is 18.9 Å². The molecule has 0 N–H and O–H groups in total. The van der Waals surface area contributed by atoms with Gasteiger partial charge >= 0.3 is 6.18 Å². The molecule has 1 saturated heterocycles. The monoisotopic (exact) mass is 523 g/mol. The number of anilines is 1. The van der Waals surface area contributed by atoms with Gasteiger partial charge in [0.25, 0.3) is 0 Å². The van der Waals surface area contributed by atoms with Gasteiger partial charge in [-0.2, -0.15) is 13.2 Å². The summed E-state index contributed by atoms with van der Waals surface area (Å²) in [6, 6.07) is 1.64. The van der Waals surface area contributed by atoms with Crippen LogP contribution in [0.25, 0.3) is 6.08 Å². The van der Waals surface area contributed by atoms with Crippen molar-refractivity contribution in [1.82, 2.24) is 19.3 Å².